The normalized spacial score (nSPS) is 18.8. The van der Waals surface area contributed by atoms with Crippen LogP contribution in [0.15, 0.2) is 83.3 Å². The zero-order valence-corrected chi connectivity index (χ0v) is 20.1. The minimum atomic E-state index is 0.0794. The van der Waals surface area contributed by atoms with Crippen LogP contribution in [0.5, 0.6) is 5.75 Å². The van der Waals surface area contributed by atoms with Gasteiger partial charge >= 0.3 is 0 Å². The number of hydrogen-bond donors (Lipinski definition) is 0. The predicted molar refractivity (Wildman–Crippen MR) is 142 cm³/mol. The van der Waals surface area contributed by atoms with Crippen molar-refractivity contribution in [1.82, 2.24) is 0 Å². The Kier molecular flexibility index (Phi) is 3.99. The molecule has 2 unspecified atom stereocenters. The molecule has 34 heavy (non-hydrogen) atoms. The van der Waals surface area contributed by atoms with Crippen LogP contribution in [-0.4, -0.2) is 12.8 Å². The molecule has 2 aliphatic heterocycles. The van der Waals surface area contributed by atoms with Gasteiger partial charge in [-0.3, -0.25) is 0 Å². The fourth-order valence-electron chi connectivity index (χ4n) is 6.29. The van der Waals surface area contributed by atoms with Gasteiger partial charge in [-0.1, -0.05) is 92.4 Å². The predicted octanol–water partition coefficient (Wildman–Crippen LogP) is 6.58. The van der Waals surface area contributed by atoms with Gasteiger partial charge in [-0.05, 0) is 52.8 Å². The maximum Gasteiger partial charge on any atom is 0.222 e. The highest BCUT2D eigenvalue weighted by Gasteiger charge is 2.46. The van der Waals surface area contributed by atoms with Gasteiger partial charge in [0.15, 0.2) is 0 Å². The summed E-state index contributed by atoms with van der Waals surface area (Å²) in [6, 6.07) is 28.6. The largest absolute Gasteiger partial charge is 0.491 e. The average Bonchev–Trinajstić information content (AvgIpc) is 3.46. The van der Waals surface area contributed by atoms with E-state index in [0.29, 0.717) is 0 Å². The number of benzene rings is 4. The van der Waals surface area contributed by atoms with E-state index in [9.17, 15) is 0 Å². The van der Waals surface area contributed by atoms with E-state index >= 15 is 0 Å². The molecular formula is C31H27BO2. The highest BCUT2D eigenvalue weighted by Crippen LogP contribution is 2.45. The number of ether oxygens (including phenoxy) is 1. The maximum absolute atomic E-state index is 6.36. The summed E-state index contributed by atoms with van der Waals surface area (Å²) in [6.07, 6.45) is 0.111. The Morgan fingerprint density at radius 1 is 0.794 bits per heavy atom. The van der Waals surface area contributed by atoms with Gasteiger partial charge in [-0.25, -0.2) is 0 Å². The van der Waals surface area contributed by atoms with Crippen molar-refractivity contribution in [2.24, 2.45) is 0 Å². The molecule has 0 bridgehead atoms. The molecule has 4 aromatic carbocycles. The Bertz CT molecular complexity index is 1600. The Morgan fingerprint density at radius 2 is 1.56 bits per heavy atom. The molecule has 0 fully saturated rings. The standard InChI is InChI=1S/C31H27BO2/c1-18-30(21-10-6-8-12-26(21)33-18)32-23-14-13-19(31(2,3)4)17-22(23)28-24(32)15-16-27-29(28)20-9-5-7-11-25(20)34-27/h5-18,30H,1-4H3. The molecule has 0 saturated heterocycles. The zero-order chi connectivity index (χ0) is 23.2. The smallest absolute Gasteiger partial charge is 0.222 e. The summed E-state index contributed by atoms with van der Waals surface area (Å²) in [5, 5.41) is 2.43. The number of furan rings is 1. The second kappa shape index (κ2) is 6.79. The third-order valence-electron chi connectivity index (χ3n) is 7.89. The van der Waals surface area contributed by atoms with E-state index in [2.05, 4.69) is 100 Å². The van der Waals surface area contributed by atoms with Gasteiger partial charge in [0, 0.05) is 16.6 Å². The monoisotopic (exact) mass is 442 g/mol. The lowest BCUT2D eigenvalue weighted by molar-refractivity contribution is 0.248. The highest BCUT2D eigenvalue weighted by atomic mass is 16.5. The van der Waals surface area contributed by atoms with Gasteiger partial charge < -0.3 is 9.15 Å². The third kappa shape index (κ3) is 2.64. The molecule has 166 valence electrons. The van der Waals surface area contributed by atoms with E-state index in [1.807, 2.05) is 6.07 Å². The highest BCUT2D eigenvalue weighted by molar-refractivity contribution is 6.91. The summed E-state index contributed by atoms with van der Waals surface area (Å²) < 4.78 is 12.7. The molecule has 3 heterocycles. The fourth-order valence-corrected chi connectivity index (χ4v) is 6.29. The van der Waals surface area contributed by atoms with Crippen molar-refractivity contribution >= 4 is 39.6 Å². The first kappa shape index (κ1) is 20.0. The van der Waals surface area contributed by atoms with Crippen molar-refractivity contribution in [2.75, 3.05) is 0 Å². The van der Waals surface area contributed by atoms with Gasteiger partial charge in [0.25, 0.3) is 0 Å². The van der Waals surface area contributed by atoms with Crippen molar-refractivity contribution in [1.29, 1.82) is 0 Å². The maximum atomic E-state index is 6.36. The van der Waals surface area contributed by atoms with Crippen molar-refractivity contribution in [2.45, 2.75) is 45.0 Å². The molecule has 2 aliphatic rings. The van der Waals surface area contributed by atoms with Crippen LogP contribution < -0.4 is 15.7 Å². The first-order valence-corrected chi connectivity index (χ1v) is 12.3. The van der Waals surface area contributed by atoms with Gasteiger partial charge in [0.05, 0.1) is 6.10 Å². The quantitative estimate of drug-likeness (QED) is 0.274. The summed E-state index contributed by atoms with van der Waals surface area (Å²) in [4.78, 5) is 0. The molecule has 0 spiro atoms. The molecule has 1 aromatic heterocycles. The molecule has 3 heteroatoms. The number of fused-ring (bicyclic) bond motifs is 8. The lowest BCUT2D eigenvalue weighted by Gasteiger charge is -2.23. The van der Waals surface area contributed by atoms with Crippen molar-refractivity contribution < 1.29 is 9.15 Å². The van der Waals surface area contributed by atoms with Crippen molar-refractivity contribution in [3.63, 3.8) is 0 Å². The molecule has 0 radical (unpaired) electrons. The Hall–Kier alpha value is -3.46. The Balaban J connectivity index is 1.57. The second-order valence-corrected chi connectivity index (χ2v) is 10.9. The topological polar surface area (TPSA) is 22.4 Å². The van der Waals surface area contributed by atoms with E-state index < -0.39 is 0 Å². The molecule has 2 nitrogen and oxygen atoms in total. The number of rotatable bonds is 1. The fraction of sp³-hybridized carbons (Fsp3) is 0.226. The third-order valence-corrected chi connectivity index (χ3v) is 7.89. The molecule has 0 N–H and O–H groups in total. The van der Waals surface area contributed by atoms with E-state index in [-0.39, 0.29) is 24.0 Å². The lowest BCUT2D eigenvalue weighted by atomic mass is 9.33. The van der Waals surface area contributed by atoms with E-state index in [0.717, 1.165) is 16.9 Å². The molecular weight excluding hydrogens is 415 g/mol. The van der Waals surface area contributed by atoms with Crippen LogP contribution in [0.25, 0.3) is 33.1 Å². The zero-order valence-electron chi connectivity index (χ0n) is 20.1. The van der Waals surface area contributed by atoms with Gasteiger partial charge in [-0.2, -0.15) is 0 Å². The van der Waals surface area contributed by atoms with Crippen LogP contribution >= 0.6 is 0 Å². The lowest BCUT2D eigenvalue weighted by Crippen LogP contribution is -2.47. The molecule has 7 rings (SSSR count). The summed E-state index contributed by atoms with van der Waals surface area (Å²) in [6.45, 7) is 9.34. The van der Waals surface area contributed by atoms with Crippen molar-refractivity contribution in [3.8, 4) is 16.9 Å². The molecule has 2 atom stereocenters. The molecule has 0 aliphatic carbocycles. The van der Waals surface area contributed by atoms with Crippen LogP contribution in [0.4, 0.5) is 0 Å². The average molecular weight is 442 g/mol. The van der Waals surface area contributed by atoms with Crippen LogP contribution in [-0.2, 0) is 5.41 Å². The summed E-state index contributed by atoms with van der Waals surface area (Å²) in [5.74, 6) is 1.29. The van der Waals surface area contributed by atoms with Gasteiger partial charge in [0.1, 0.15) is 16.9 Å². The molecule has 0 saturated carbocycles. The Labute approximate surface area is 200 Å². The minimum Gasteiger partial charge on any atom is -0.491 e. The molecule has 5 aromatic rings. The summed E-state index contributed by atoms with van der Waals surface area (Å²) in [5.41, 5.74) is 10.1. The van der Waals surface area contributed by atoms with Gasteiger partial charge in [0.2, 0.25) is 6.71 Å². The van der Waals surface area contributed by atoms with Crippen LogP contribution in [0.3, 0.4) is 0 Å². The second-order valence-electron chi connectivity index (χ2n) is 10.9. The van der Waals surface area contributed by atoms with Gasteiger partial charge in [-0.15, -0.1) is 0 Å². The van der Waals surface area contributed by atoms with Crippen LogP contribution in [0.1, 0.15) is 44.6 Å². The van der Waals surface area contributed by atoms with Crippen LogP contribution in [0.2, 0.25) is 0 Å². The van der Waals surface area contributed by atoms with Crippen LogP contribution in [0, 0.1) is 0 Å². The summed E-state index contributed by atoms with van der Waals surface area (Å²) >= 11 is 0. The Morgan fingerprint density at radius 3 is 2.41 bits per heavy atom. The minimum absolute atomic E-state index is 0.0794. The van der Waals surface area contributed by atoms with E-state index in [1.54, 1.807) is 0 Å². The number of para-hydroxylation sites is 2. The first-order valence-electron chi connectivity index (χ1n) is 12.3. The van der Waals surface area contributed by atoms with E-state index in [4.69, 9.17) is 9.15 Å². The first-order chi connectivity index (χ1) is 16.4. The number of hydrogen-bond acceptors (Lipinski definition) is 2. The SMILES string of the molecule is CC1Oc2ccccc2C1B1c2ccc(C(C)(C)C)cc2-c2c1ccc1oc3ccccc3c21. The molecule has 0 amide bonds. The summed E-state index contributed by atoms with van der Waals surface area (Å²) in [7, 11) is 0. The van der Waals surface area contributed by atoms with Crippen molar-refractivity contribution in [3.05, 3.63) is 90.0 Å². The van der Waals surface area contributed by atoms with E-state index in [1.165, 1.54) is 44.0 Å².